The number of carbonyl (C=O) groups excluding carboxylic acids is 10. The molecule has 1 aliphatic heterocycles. The minimum atomic E-state index is -1.87. The molecule has 11 atom stereocenters. The number of carbonyl (C=O) groups is 12. The fraction of sp³-hybridized carbons (Fsp3) is 0.556. The Labute approximate surface area is 493 Å². The number of nitrogens with one attached hydrogen (secondary N) is 10. The number of rotatable bonds is 35. The number of aliphatic hydroxyl groups is 2. The topological polar surface area (TPSA) is 515 Å². The second-order valence-electron chi connectivity index (χ2n) is 21.6. The number of phenolic OH excluding ortho intramolecular Hbond substituents is 1. The minimum absolute atomic E-state index is 0.0149. The fourth-order valence-electron chi connectivity index (χ4n) is 9.13. The Morgan fingerprint density at radius 2 is 1.15 bits per heavy atom. The molecule has 1 fully saturated rings. The third kappa shape index (κ3) is 21.9. The van der Waals surface area contributed by atoms with E-state index >= 15 is 0 Å². The van der Waals surface area contributed by atoms with Crippen LogP contribution < -0.4 is 54.0 Å². The molecule has 10 amide bonds. The summed E-state index contributed by atoms with van der Waals surface area (Å²) < 4.78 is 0. The first kappa shape index (κ1) is 69.5. The van der Waals surface area contributed by atoms with Crippen molar-refractivity contribution in [2.75, 3.05) is 13.2 Å². The molecule has 0 spiro atoms. The van der Waals surface area contributed by atoms with Gasteiger partial charge in [-0.1, -0.05) is 39.8 Å². The van der Waals surface area contributed by atoms with Gasteiger partial charge in [0.25, 0.3) is 0 Å². The predicted molar refractivity (Wildman–Crippen MR) is 301 cm³/mol. The standard InChI is InChI=1S/C54H79N15O17/c1-26(2)17-35(47(78)64-37(20-31-22-58-25-60-31)53(84)69-16-6-7-40(69)50(81)65-38(54(85)86)18-29-8-10-32(72)11-9-29)62-51(82)43(27(3)4)67-46(77)34(13-15-42(74)75)61-48(79)36(19-30-21-57-24-59-30)63-52(83)44(28(5)71)68-49(80)39(23-70)66-45(76)33(55)12-14-41(56)73/h8-11,21-22,24-28,33-40,43-44,70-72H,6-7,12-20,23,55H2,1-5H3,(H2,56,73)(H,57,59)(H,58,60)(H,61,79)(H,62,82)(H,63,83)(H,64,78)(H,65,81)(H,66,76)(H,67,77)(H,68,80)(H,74,75)(H,85,86)/t28-,33+,34+,35+,36+,37+,38+,39+,40+,43+,44+/m1/s1. The van der Waals surface area contributed by atoms with E-state index in [0.29, 0.717) is 17.7 Å². The van der Waals surface area contributed by atoms with Gasteiger partial charge in [-0.3, -0.25) is 52.7 Å². The van der Waals surface area contributed by atoms with E-state index in [1.54, 1.807) is 27.7 Å². The number of aromatic nitrogens is 4. The van der Waals surface area contributed by atoms with Crippen LogP contribution in [-0.4, -0.2) is 201 Å². The lowest BCUT2D eigenvalue weighted by Gasteiger charge is -2.31. The first-order valence-electron chi connectivity index (χ1n) is 27.8. The van der Waals surface area contributed by atoms with Crippen LogP contribution in [0.25, 0.3) is 0 Å². The van der Waals surface area contributed by atoms with Crippen molar-refractivity contribution in [3.05, 3.63) is 66.3 Å². The van der Waals surface area contributed by atoms with Crippen molar-refractivity contribution in [1.29, 1.82) is 0 Å². The zero-order valence-electron chi connectivity index (χ0n) is 48.2. The summed E-state index contributed by atoms with van der Waals surface area (Å²) in [6, 6.07) is -9.36. The Morgan fingerprint density at radius 3 is 1.69 bits per heavy atom. The Kier molecular flexibility index (Phi) is 27.0. The number of imidazole rings is 2. The van der Waals surface area contributed by atoms with Gasteiger partial charge >= 0.3 is 11.9 Å². The van der Waals surface area contributed by atoms with E-state index in [1.807, 2.05) is 0 Å². The number of aliphatic carboxylic acids is 2. The maximum Gasteiger partial charge on any atom is 0.326 e. The van der Waals surface area contributed by atoms with Crippen molar-refractivity contribution in [3.8, 4) is 5.75 Å². The average Bonchev–Trinajstić information content (AvgIpc) is 3.02. The molecule has 32 heteroatoms. The second-order valence-corrected chi connectivity index (χ2v) is 21.6. The van der Waals surface area contributed by atoms with Crippen LogP contribution in [0, 0.1) is 11.8 Å². The molecule has 2 aromatic heterocycles. The number of carboxylic acid groups (broad SMARTS) is 2. The van der Waals surface area contributed by atoms with Crippen molar-refractivity contribution in [2.24, 2.45) is 23.3 Å². The molecule has 1 saturated heterocycles. The number of primary amides is 1. The van der Waals surface area contributed by atoms with Crippen LogP contribution in [0.5, 0.6) is 5.75 Å². The Balaban J connectivity index is 1.54. The fourth-order valence-corrected chi connectivity index (χ4v) is 9.13. The number of carboxylic acids is 2. The van der Waals surface area contributed by atoms with Crippen molar-refractivity contribution >= 4 is 71.0 Å². The zero-order chi connectivity index (χ0) is 63.9. The number of amides is 10. The number of aliphatic hydroxyl groups excluding tert-OH is 2. The van der Waals surface area contributed by atoms with Gasteiger partial charge in [0.05, 0.1) is 42.8 Å². The van der Waals surface area contributed by atoms with Gasteiger partial charge in [0, 0.05) is 51.0 Å². The smallest absolute Gasteiger partial charge is 0.326 e. The van der Waals surface area contributed by atoms with Gasteiger partial charge in [-0.25, -0.2) is 14.8 Å². The normalized spacial score (nSPS) is 16.5. The number of aromatic hydroxyl groups is 1. The number of nitrogens with zero attached hydrogens (tertiary/aromatic N) is 3. The third-order valence-electron chi connectivity index (χ3n) is 13.8. The molecule has 4 rings (SSSR count). The number of hydrogen-bond acceptors (Lipinski definition) is 18. The molecule has 1 aromatic carbocycles. The summed E-state index contributed by atoms with van der Waals surface area (Å²) in [5.41, 5.74) is 11.9. The van der Waals surface area contributed by atoms with Crippen LogP contribution in [-0.2, 0) is 76.8 Å². The minimum Gasteiger partial charge on any atom is -0.508 e. The molecule has 3 aromatic rings. The highest BCUT2D eigenvalue weighted by molar-refractivity contribution is 5.99. The van der Waals surface area contributed by atoms with E-state index in [4.69, 9.17) is 11.5 Å². The van der Waals surface area contributed by atoms with Crippen LogP contribution in [0.2, 0.25) is 0 Å². The van der Waals surface area contributed by atoms with Gasteiger partial charge < -0.3 is 94.4 Å². The van der Waals surface area contributed by atoms with Crippen LogP contribution in [0.4, 0.5) is 0 Å². The Hall–Kier alpha value is -9.04. The predicted octanol–water partition coefficient (Wildman–Crippen LogP) is -4.65. The highest BCUT2D eigenvalue weighted by Crippen LogP contribution is 2.21. The lowest BCUT2D eigenvalue weighted by atomic mass is 9.98. The lowest BCUT2D eigenvalue weighted by Crippen LogP contribution is -2.62. The number of benzene rings is 1. The molecule has 0 bridgehead atoms. The van der Waals surface area contributed by atoms with Crippen molar-refractivity contribution in [2.45, 2.75) is 165 Å². The van der Waals surface area contributed by atoms with Gasteiger partial charge in [-0.05, 0) is 68.6 Å². The molecule has 86 heavy (non-hydrogen) atoms. The summed E-state index contributed by atoms with van der Waals surface area (Å²) in [4.78, 5) is 176. The van der Waals surface area contributed by atoms with E-state index in [9.17, 15) is 83.1 Å². The van der Waals surface area contributed by atoms with E-state index < -0.39 is 169 Å². The maximum absolute atomic E-state index is 14.5. The monoisotopic (exact) mass is 1210 g/mol. The molecular formula is C54H79N15O17. The zero-order valence-corrected chi connectivity index (χ0v) is 48.2. The third-order valence-corrected chi connectivity index (χ3v) is 13.8. The molecule has 19 N–H and O–H groups in total. The van der Waals surface area contributed by atoms with Gasteiger partial charge in [-0.15, -0.1) is 0 Å². The first-order valence-corrected chi connectivity index (χ1v) is 27.8. The number of nitrogens with two attached hydrogens (primary N) is 2. The van der Waals surface area contributed by atoms with Crippen LogP contribution in [0.1, 0.15) is 96.5 Å². The molecule has 0 unspecified atom stereocenters. The number of aromatic amines is 2. The van der Waals surface area contributed by atoms with E-state index in [2.05, 4.69) is 62.5 Å². The van der Waals surface area contributed by atoms with Crippen molar-refractivity contribution < 1.29 is 83.1 Å². The van der Waals surface area contributed by atoms with Gasteiger partial charge in [0.2, 0.25) is 59.1 Å². The SMILES string of the molecule is CC(C)C[C@H](NC(=O)[C@@H](NC(=O)[C@H](CCC(=O)O)NC(=O)[C@H](Cc1c[nH]cn1)NC(=O)[C@@H](NC(=O)[C@H](CO)NC(=O)[C@@H](N)CCC(N)=O)[C@@H](C)O)C(C)C)C(=O)N[C@@H](Cc1c[nH]cn1)C(=O)N1CCC[C@H]1C(=O)N[C@@H](Cc1ccc(O)cc1)C(=O)O. The van der Waals surface area contributed by atoms with E-state index in [1.165, 1.54) is 54.2 Å². The quantitative estimate of drug-likeness (QED) is 0.0263. The maximum atomic E-state index is 14.5. The van der Waals surface area contributed by atoms with E-state index in [-0.39, 0.29) is 62.4 Å². The summed E-state index contributed by atoms with van der Waals surface area (Å²) in [6.07, 6.45) is 1.77. The Bertz CT molecular complexity index is 2820. The van der Waals surface area contributed by atoms with Crippen molar-refractivity contribution in [1.82, 2.24) is 67.4 Å². The number of H-pyrrole nitrogens is 2. The molecule has 3 heterocycles. The molecule has 32 nitrogen and oxygen atoms in total. The van der Waals surface area contributed by atoms with Gasteiger partial charge in [-0.2, -0.15) is 0 Å². The summed E-state index contributed by atoms with van der Waals surface area (Å²) in [7, 11) is 0. The second kappa shape index (κ2) is 33.4. The summed E-state index contributed by atoms with van der Waals surface area (Å²) >= 11 is 0. The average molecular weight is 1210 g/mol. The summed E-state index contributed by atoms with van der Waals surface area (Å²) in [5.74, 6) is -13.3. The number of phenols is 1. The Morgan fingerprint density at radius 1 is 0.628 bits per heavy atom. The van der Waals surface area contributed by atoms with E-state index in [0.717, 1.165) is 6.92 Å². The molecule has 0 saturated carbocycles. The highest BCUT2D eigenvalue weighted by atomic mass is 16.4. The van der Waals surface area contributed by atoms with Gasteiger partial charge in [0.1, 0.15) is 60.1 Å². The molecule has 0 aliphatic carbocycles. The van der Waals surface area contributed by atoms with Gasteiger partial charge in [0.15, 0.2) is 0 Å². The number of likely N-dealkylation sites (tertiary alicyclic amines) is 1. The van der Waals surface area contributed by atoms with Crippen molar-refractivity contribution in [3.63, 3.8) is 0 Å². The molecule has 0 radical (unpaired) electrons. The molecule has 472 valence electrons. The highest BCUT2D eigenvalue weighted by Gasteiger charge is 2.41. The largest absolute Gasteiger partial charge is 0.508 e. The summed E-state index contributed by atoms with van der Waals surface area (Å²) in [6.45, 7) is 6.75. The first-order chi connectivity index (χ1) is 40.6. The van der Waals surface area contributed by atoms with Crippen LogP contribution in [0.15, 0.2) is 49.3 Å². The molecule has 1 aliphatic rings. The lowest BCUT2D eigenvalue weighted by molar-refractivity contribution is -0.145. The molecular weight excluding hydrogens is 1130 g/mol. The van der Waals surface area contributed by atoms with Crippen LogP contribution >= 0.6 is 0 Å². The van der Waals surface area contributed by atoms with Crippen LogP contribution in [0.3, 0.4) is 0 Å². The number of hydrogen-bond donors (Lipinski definition) is 17. The summed E-state index contributed by atoms with van der Waals surface area (Å²) in [5, 5.41) is 69.5.